The molecule has 0 aliphatic carbocycles. The van der Waals surface area contributed by atoms with Crippen LogP contribution in [0, 0.1) is 0 Å². The highest BCUT2D eigenvalue weighted by atomic mass is 16.6. The minimum atomic E-state index is -1.33. The predicted molar refractivity (Wildman–Crippen MR) is 31.7 cm³/mol. The van der Waals surface area contributed by atoms with Crippen LogP contribution < -0.4 is 11.1 Å². The number of primary amides is 1. The van der Waals surface area contributed by atoms with Gasteiger partial charge in [0.15, 0.2) is 6.61 Å². The van der Waals surface area contributed by atoms with Gasteiger partial charge in [-0.3, -0.25) is 10.1 Å². The number of cyclic esters (lactones) is 1. The van der Waals surface area contributed by atoms with Gasteiger partial charge in [0.05, 0.1) is 0 Å². The molecule has 1 aliphatic heterocycles. The molecule has 3 amide bonds. The van der Waals surface area contributed by atoms with Crippen molar-refractivity contribution in [1.29, 1.82) is 0 Å². The van der Waals surface area contributed by atoms with E-state index in [1.165, 1.54) is 0 Å². The van der Waals surface area contributed by atoms with Crippen molar-refractivity contribution in [1.82, 2.24) is 5.32 Å². The monoisotopic (exact) mass is 162 g/mol. The summed E-state index contributed by atoms with van der Waals surface area (Å²) in [6, 6.07) is 0. The van der Waals surface area contributed by atoms with Crippen LogP contribution in [0.2, 0.25) is 0 Å². The summed E-state index contributed by atoms with van der Waals surface area (Å²) in [5.74, 6) is -0.370. The van der Waals surface area contributed by atoms with E-state index in [-0.39, 0.29) is 12.5 Å². The second kappa shape index (κ2) is 4.09. The molecule has 1 heterocycles. The molecular weight excluding hydrogens is 156 g/mol. The summed E-state index contributed by atoms with van der Waals surface area (Å²) in [5.41, 5.74) is 4.03. The quantitative estimate of drug-likeness (QED) is 0.416. The summed E-state index contributed by atoms with van der Waals surface area (Å²) in [5, 5.41) is 9.11. The lowest BCUT2D eigenvalue weighted by atomic mass is 10.7. The number of nitrogens with one attached hydrogen (secondary N) is 1. The molecule has 7 heteroatoms. The van der Waals surface area contributed by atoms with Gasteiger partial charge in [-0.25, -0.2) is 9.59 Å². The van der Waals surface area contributed by atoms with Crippen molar-refractivity contribution in [3.8, 4) is 0 Å². The minimum Gasteiger partial charge on any atom is -0.465 e. The van der Waals surface area contributed by atoms with Crippen LogP contribution in [0.5, 0.6) is 0 Å². The van der Waals surface area contributed by atoms with Gasteiger partial charge in [0, 0.05) is 0 Å². The molecule has 1 aliphatic rings. The Bertz CT molecular complexity index is 171. The molecule has 1 fully saturated rings. The van der Waals surface area contributed by atoms with Crippen LogP contribution in [-0.4, -0.2) is 29.8 Å². The standard InChI is InChI=1S/C3H3NO3.CH3NO2/c5-2-1-7-3(6)4-2;2-1(3)4/h1H2,(H,4,5,6);2H2,(H,3,4). The number of carbonyl (C=O) groups is 3. The Morgan fingerprint density at radius 1 is 1.64 bits per heavy atom. The lowest BCUT2D eigenvalue weighted by molar-refractivity contribution is -0.119. The van der Waals surface area contributed by atoms with Crippen molar-refractivity contribution in [3.05, 3.63) is 0 Å². The molecule has 0 aromatic carbocycles. The summed E-state index contributed by atoms with van der Waals surface area (Å²) in [6.45, 7) is -0.126. The van der Waals surface area contributed by atoms with Crippen LogP contribution in [0.4, 0.5) is 9.59 Å². The van der Waals surface area contributed by atoms with Crippen LogP contribution in [0.1, 0.15) is 0 Å². The summed E-state index contributed by atoms with van der Waals surface area (Å²) in [7, 11) is 0. The zero-order valence-corrected chi connectivity index (χ0v) is 5.36. The van der Waals surface area contributed by atoms with Gasteiger partial charge >= 0.3 is 12.2 Å². The molecule has 0 saturated carbocycles. The number of amides is 3. The van der Waals surface area contributed by atoms with Crippen LogP contribution in [0.25, 0.3) is 0 Å². The van der Waals surface area contributed by atoms with E-state index in [0.29, 0.717) is 0 Å². The highest BCUT2D eigenvalue weighted by Gasteiger charge is 2.17. The lowest BCUT2D eigenvalue weighted by Crippen LogP contribution is -2.18. The van der Waals surface area contributed by atoms with Crippen LogP contribution in [-0.2, 0) is 9.53 Å². The number of ether oxygens (including phenoxy) is 1. The van der Waals surface area contributed by atoms with Gasteiger partial charge in [-0.15, -0.1) is 0 Å². The predicted octanol–water partition coefficient (Wildman–Crippen LogP) is -1.12. The number of hydrogen-bond acceptors (Lipinski definition) is 4. The first kappa shape index (κ1) is 9.21. The van der Waals surface area contributed by atoms with E-state index in [1.807, 2.05) is 5.32 Å². The molecule has 0 radical (unpaired) electrons. The molecule has 0 aromatic heterocycles. The number of rotatable bonds is 0. The van der Waals surface area contributed by atoms with Crippen LogP contribution >= 0.6 is 0 Å². The maximum absolute atomic E-state index is 10.00. The molecule has 11 heavy (non-hydrogen) atoms. The fraction of sp³-hybridized carbons (Fsp3) is 0.250. The number of imide groups is 1. The fourth-order valence-electron chi connectivity index (χ4n) is 0.317. The van der Waals surface area contributed by atoms with Crippen LogP contribution in [0.3, 0.4) is 0 Å². The first-order chi connectivity index (χ1) is 5.02. The molecule has 0 unspecified atom stereocenters. The van der Waals surface area contributed by atoms with Crippen molar-refractivity contribution < 1.29 is 24.2 Å². The van der Waals surface area contributed by atoms with Crippen LogP contribution in [0.15, 0.2) is 0 Å². The first-order valence-electron chi connectivity index (χ1n) is 2.47. The summed E-state index contributed by atoms with van der Waals surface area (Å²) >= 11 is 0. The molecule has 4 N–H and O–H groups in total. The molecule has 62 valence electrons. The second-order valence-electron chi connectivity index (χ2n) is 1.46. The van der Waals surface area contributed by atoms with E-state index < -0.39 is 12.2 Å². The smallest absolute Gasteiger partial charge is 0.414 e. The zero-order chi connectivity index (χ0) is 8.85. The van der Waals surface area contributed by atoms with Gasteiger partial charge in [-0.1, -0.05) is 0 Å². The number of alkyl carbamates (subject to hydrolysis) is 1. The largest absolute Gasteiger partial charge is 0.465 e. The molecule has 0 spiro atoms. The molecular formula is C4H6N2O5. The van der Waals surface area contributed by atoms with Gasteiger partial charge in [-0.05, 0) is 0 Å². The van der Waals surface area contributed by atoms with E-state index >= 15 is 0 Å². The van der Waals surface area contributed by atoms with Crippen molar-refractivity contribution in [3.63, 3.8) is 0 Å². The van der Waals surface area contributed by atoms with E-state index in [0.717, 1.165) is 0 Å². The van der Waals surface area contributed by atoms with Gasteiger partial charge in [-0.2, -0.15) is 0 Å². The maximum atomic E-state index is 10.00. The van der Waals surface area contributed by atoms with Crippen molar-refractivity contribution in [2.75, 3.05) is 6.61 Å². The van der Waals surface area contributed by atoms with E-state index in [9.17, 15) is 9.59 Å². The van der Waals surface area contributed by atoms with E-state index in [4.69, 9.17) is 9.90 Å². The summed E-state index contributed by atoms with van der Waals surface area (Å²) in [6.07, 6.45) is -1.98. The minimum absolute atomic E-state index is 0.126. The average Bonchev–Trinajstić information content (AvgIpc) is 2.13. The fourth-order valence-corrected chi connectivity index (χ4v) is 0.317. The van der Waals surface area contributed by atoms with Gasteiger partial charge in [0.25, 0.3) is 5.91 Å². The summed E-state index contributed by atoms with van der Waals surface area (Å²) in [4.78, 5) is 28.7. The lowest BCUT2D eigenvalue weighted by Gasteiger charge is -1.78. The van der Waals surface area contributed by atoms with Crippen molar-refractivity contribution in [2.24, 2.45) is 5.73 Å². The Morgan fingerprint density at radius 2 is 2.09 bits per heavy atom. The third-order valence-electron chi connectivity index (χ3n) is 0.576. The highest BCUT2D eigenvalue weighted by molar-refractivity contribution is 5.97. The number of carbonyl (C=O) groups excluding carboxylic acids is 2. The maximum Gasteiger partial charge on any atom is 0.414 e. The number of hydrogen-bond donors (Lipinski definition) is 3. The Kier molecular flexibility index (Phi) is 3.43. The third kappa shape index (κ3) is 6.09. The third-order valence-corrected chi connectivity index (χ3v) is 0.576. The average molecular weight is 162 g/mol. The van der Waals surface area contributed by atoms with E-state index in [2.05, 4.69) is 10.5 Å². The number of nitrogens with two attached hydrogens (primary N) is 1. The van der Waals surface area contributed by atoms with Crippen molar-refractivity contribution >= 4 is 18.1 Å². The summed E-state index contributed by atoms with van der Waals surface area (Å²) < 4.78 is 4.17. The molecule has 0 bridgehead atoms. The normalized spacial score (nSPS) is 14.2. The topological polar surface area (TPSA) is 119 Å². The Balaban J connectivity index is 0.000000218. The zero-order valence-electron chi connectivity index (χ0n) is 5.36. The first-order valence-corrected chi connectivity index (χ1v) is 2.47. The molecule has 0 atom stereocenters. The molecule has 7 nitrogen and oxygen atoms in total. The molecule has 1 rings (SSSR count). The Hall–Kier alpha value is -1.79. The molecule has 1 saturated heterocycles. The van der Waals surface area contributed by atoms with Gasteiger partial charge in [0.2, 0.25) is 0 Å². The SMILES string of the molecule is NC(=O)O.O=C1COC(=O)N1. The van der Waals surface area contributed by atoms with E-state index in [1.54, 1.807) is 0 Å². The molecule has 0 aromatic rings. The second-order valence-corrected chi connectivity index (χ2v) is 1.46. The Labute approximate surface area is 61.1 Å². The number of carboxylic acid groups (broad SMARTS) is 1. The Morgan fingerprint density at radius 3 is 2.18 bits per heavy atom. The van der Waals surface area contributed by atoms with Crippen molar-refractivity contribution in [2.45, 2.75) is 0 Å². The van der Waals surface area contributed by atoms with Gasteiger partial charge in [0.1, 0.15) is 0 Å². The highest BCUT2D eigenvalue weighted by Crippen LogP contribution is 1.85. The van der Waals surface area contributed by atoms with Gasteiger partial charge < -0.3 is 15.6 Å².